The van der Waals surface area contributed by atoms with Crippen LogP contribution in [-0.2, 0) is 9.53 Å². The second-order valence-electron chi connectivity index (χ2n) is 5.33. The number of thioether (sulfide) groups is 1. The van der Waals surface area contributed by atoms with Gasteiger partial charge in [-0.1, -0.05) is 0 Å². The van der Waals surface area contributed by atoms with Gasteiger partial charge in [0, 0.05) is 16.6 Å². The van der Waals surface area contributed by atoms with Gasteiger partial charge in [-0.25, -0.2) is 4.79 Å². The molecule has 27 heavy (non-hydrogen) atoms. The summed E-state index contributed by atoms with van der Waals surface area (Å²) in [6.45, 7) is -0.683. The van der Waals surface area contributed by atoms with E-state index < -0.39 is 29.1 Å². The average Bonchev–Trinajstić information content (AvgIpc) is 3.13. The molecule has 0 radical (unpaired) electrons. The number of amides is 1. The first-order chi connectivity index (χ1) is 13.0. The number of nitro groups is 1. The topological polar surface area (TPSA) is 117 Å². The Morgan fingerprint density at radius 3 is 2.52 bits per heavy atom. The molecular weight excluding hydrogens is 376 g/mol. The van der Waals surface area contributed by atoms with Gasteiger partial charge in [-0.05, 0) is 30.5 Å². The van der Waals surface area contributed by atoms with E-state index in [-0.39, 0.29) is 23.9 Å². The smallest absolute Gasteiger partial charge is 0.345 e. The lowest BCUT2D eigenvalue weighted by atomic mass is 10.1. The third-order valence-corrected chi connectivity index (χ3v) is 4.36. The van der Waals surface area contributed by atoms with Gasteiger partial charge in [0.05, 0.1) is 11.0 Å². The number of ether oxygens (including phenoxy) is 3. The van der Waals surface area contributed by atoms with Gasteiger partial charge in [0.25, 0.3) is 11.6 Å². The Morgan fingerprint density at radius 2 is 1.89 bits per heavy atom. The minimum Gasteiger partial charge on any atom is -0.454 e. The Kier molecular flexibility index (Phi) is 5.46. The number of anilines is 1. The van der Waals surface area contributed by atoms with Crippen LogP contribution in [0.2, 0.25) is 0 Å². The van der Waals surface area contributed by atoms with Gasteiger partial charge < -0.3 is 19.5 Å². The third kappa shape index (κ3) is 4.29. The monoisotopic (exact) mass is 390 g/mol. The molecule has 9 nitrogen and oxygen atoms in total. The molecule has 3 rings (SSSR count). The summed E-state index contributed by atoms with van der Waals surface area (Å²) in [6, 6.07) is 9.36. The number of carbonyl (C=O) groups is 2. The molecule has 0 fully saturated rings. The average molecular weight is 390 g/mol. The Morgan fingerprint density at radius 1 is 1.22 bits per heavy atom. The van der Waals surface area contributed by atoms with Crippen LogP contribution in [0.15, 0.2) is 41.3 Å². The summed E-state index contributed by atoms with van der Waals surface area (Å²) in [6.07, 6.45) is 1.93. The summed E-state index contributed by atoms with van der Waals surface area (Å²) < 4.78 is 15.1. The van der Waals surface area contributed by atoms with E-state index in [1.807, 2.05) is 18.4 Å². The zero-order chi connectivity index (χ0) is 19.4. The summed E-state index contributed by atoms with van der Waals surface area (Å²) in [7, 11) is 0. The Hall–Kier alpha value is -3.27. The number of fused-ring (bicyclic) bond motifs is 1. The number of benzene rings is 2. The van der Waals surface area contributed by atoms with Gasteiger partial charge in [-0.3, -0.25) is 14.9 Å². The predicted octanol–water partition coefficient (Wildman–Crippen LogP) is 2.84. The number of nitrogens with zero attached hydrogens (tertiary/aromatic N) is 1. The van der Waals surface area contributed by atoms with Crippen LogP contribution in [0.5, 0.6) is 11.5 Å². The highest BCUT2D eigenvalue weighted by Crippen LogP contribution is 2.38. The molecule has 0 aliphatic carbocycles. The summed E-state index contributed by atoms with van der Waals surface area (Å²) in [5.74, 6) is -1.20. The van der Waals surface area contributed by atoms with E-state index >= 15 is 0 Å². The molecule has 1 amide bonds. The Balaban J connectivity index is 1.65. The van der Waals surface area contributed by atoms with E-state index in [1.54, 1.807) is 23.9 Å². The summed E-state index contributed by atoms with van der Waals surface area (Å²) >= 11 is 1.56. The van der Waals surface area contributed by atoms with Crippen molar-refractivity contribution < 1.29 is 28.7 Å². The normalized spacial score (nSPS) is 11.7. The number of hydrogen-bond donors (Lipinski definition) is 1. The standard InChI is InChI=1S/C17H14N2O7S/c1-27-11-4-2-10(3-5-11)18-16(20)8-24-17(21)12-6-14-15(26-9-25-14)7-13(12)19(22)23/h2-7H,8-9H2,1H3,(H,18,20). The van der Waals surface area contributed by atoms with Crippen molar-refractivity contribution in [3.63, 3.8) is 0 Å². The van der Waals surface area contributed by atoms with E-state index in [0.29, 0.717) is 5.69 Å². The number of rotatable bonds is 6. The van der Waals surface area contributed by atoms with Crippen LogP contribution < -0.4 is 14.8 Å². The summed E-state index contributed by atoms with van der Waals surface area (Å²) in [4.78, 5) is 35.6. The van der Waals surface area contributed by atoms with Crippen molar-refractivity contribution in [2.75, 3.05) is 25.0 Å². The molecule has 0 saturated carbocycles. The number of nitro benzene ring substituents is 1. The fourth-order valence-electron chi connectivity index (χ4n) is 2.33. The first kappa shape index (κ1) is 18.5. The van der Waals surface area contributed by atoms with E-state index in [9.17, 15) is 19.7 Å². The molecule has 2 aromatic carbocycles. The van der Waals surface area contributed by atoms with Crippen molar-refractivity contribution in [1.82, 2.24) is 0 Å². The van der Waals surface area contributed by atoms with Gasteiger partial charge in [0.15, 0.2) is 18.1 Å². The highest BCUT2D eigenvalue weighted by Gasteiger charge is 2.28. The summed E-state index contributed by atoms with van der Waals surface area (Å²) in [5, 5.41) is 13.8. The maximum absolute atomic E-state index is 12.2. The number of hydrogen-bond acceptors (Lipinski definition) is 8. The number of esters is 1. The van der Waals surface area contributed by atoms with Crippen LogP contribution >= 0.6 is 11.8 Å². The van der Waals surface area contributed by atoms with Gasteiger partial charge in [0.2, 0.25) is 6.79 Å². The zero-order valence-corrected chi connectivity index (χ0v) is 14.9. The van der Waals surface area contributed by atoms with Gasteiger partial charge >= 0.3 is 5.97 Å². The van der Waals surface area contributed by atoms with Crippen molar-refractivity contribution in [3.05, 3.63) is 52.1 Å². The van der Waals surface area contributed by atoms with E-state index in [2.05, 4.69) is 5.32 Å². The van der Waals surface area contributed by atoms with Crippen molar-refractivity contribution in [2.24, 2.45) is 0 Å². The van der Waals surface area contributed by atoms with Gasteiger partial charge in [-0.2, -0.15) is 0 Å². The van der Waals surface area contributed by atoms with Crippen molar-refractivity contribution in [1.29, 1.82) is 0 Å². The lowest BCUT2D eigenvalue weighted by molar-refractivity contribution is -0.385. The van der Waals surface area contributed by atoms with Crippen LogP contribution in [0.25, 0.3) is 0 Å². The molecule has 0 bridgehead atoms. The summed E-state index contributed by atoms with van der Waals surface area (Å²) in [5.41, 5.74) is -0.262. The molecule has 10 heteroatoms. The quantitative estimate of drug-likeness (QED) is 0.346. The molecule has 1 heterocycles. The lowest BCUT2D eigenvalue weighted by Gasteiger charge is -2.08. The van der Waals surface area contributed by atoms with E-state index in [1.165, 1.54) is 6.07 Å². The minimum atomic E-state index is -1.01. The van der Waals surface area contributed by atoms with Crippen molar-refractivity contribution >= 4 is 35.0 Å². The molecule has 2 aromatic rings. The first-order valence-corrected chi connectivity index (χ1v) is 8.89. The van der Waals surface area contributed by atoms with Crippen LogP contribution in [0, 0.1) is 10.1 Å². The van der Waals surface area contributed by atoms with Crippen LogP contribution in [0.3, 0.4) is 0 Å². The maximum Gasteiger partial charge on any atom is 0.345 e. The Labute approximate surface area is 157 Å². The second kappa shape index (κ2) is 7.96. The fourth-order valence-corrected chi connectivity index (χ4v) is 2.73. The van der Waals surface area contributed by atoms with Crippen molar-refractivity contribution in [2.45, 2.75) is 4.90 Å². The molecule has 0 aromatic heterocycles. The van der Waals surface area contributed by atoms with Crippen LogP contribution in [0.4, 0.5) is 11.4 Å². The molecule has 0 spiro atoms. The molecule has 1 aliphatic rings. The molecular formula is C17H14N2O7S. The Bertz CT molecular complexity index is 899. The third-order valence-electron chi connectivity index (χ3n) is 3.62. The molecule has 1 aliphatic heterocycles. The number of carbonyl (C=O) groups excluding carboxylic acids is 2. The zero-order valence-electron chi connectivity index (χ0n) is 14.1. The molecule has 1 N–H and O–H groups in total. The first-order valence-electron chi connectivity index (χ1n) is 7.67. The van der Waals surface area contributed by atoms with Crippen LogP contribution in [-0.4, -0.2) is 36.5 Å². The highest BCUT2D eigenvalue weighted by atomic mass is 32.2. The molecule has 0 atom stereocenters. The largest absolute Gasteiger partial charge is 0.454 e. The minimum absolute atomic E-state index is 0.0945. The van der Waals surface area contributed by atoms with Crippen LogP contribution in [0.1, 0.15) is 10.4 Å². The van der Waals surface area contributed by atoms with E-state index in [4.69, 9.17) is 14.2 Å². The SMILES string of the molecule is CSc1ccc(NC(=O)COC(=O)c2cc3c(cc2[N+](=O)[O-])OCO3)cc1. The van der Waals surface area contributed by atoms with Crippen molar-refractivity contribution in [3.8, 4) is 11.5 Å². The molecule has 140 valence electrons. The molecule has 0 saturated heterocycles. The van der Waals surface area contributed by atoms with Gasteiger partial charge in [-0.15, -0.1) is 11.8 Å². The predicted molar refractivity (Wildman–Crippen MR) is 96.4 cm³/mol. The number of nitrogens with one attached hydrogen (secondary N) is 1. The fraction of sp³-hybridized carbons (Fsp3) is 0.176. The van der Waals surface area contributed by atoms with E-state index in [0.717, 1.165) is 11.0 Å². The molecule has 0 unspecified atom stereocenters. The highest BCUT2D eigenvalue weighted by molar-refractivity contribution is 7.98. The lowest BCUT2D eigenvalue weighted by Crippen LogP contribution is -2.21. The van der Waals surface area contributed by atoms with Gasteiger partial charge in [0.1, 0.15) is 5.56 Å². The maximum atomic E-state index is 12.2. The second-order valence-corrected chi connectivity index (χ2v) is 6.21.